The van der Waals surface area contributed by atoms with Gasteiger partial charge in [0.25, 0.3) is 0 Å². The van der Waals surface area contributed by atoms with Crippen LogP contribution in [0.15, 0.2) is 12.4 Å². The lowest BCUT2D eigenvalue weighted by Crippen LogP contribution is -2.16. The summed E-state index contributed by atoms with van der Waals surface area (Å²) in [6.07, 6.45) is 10.3. The van der Waals surface area contributed by atoms with Crippen LogP contribution in [0.1, 0.15) is 51.1 Å². The Bertz CT molecular complexity index is 368. The molecule has 0 aliphatic rings. The van der Waals surface area contributed by atoms with E-state index < -0.39 is 0 Å². The second-order valence-corrected chi connectivity index (χ2v) is 4.24. The van der Waals surface area contributed by atoms with Crippen molar-refractivity contribution in [2.75, 3.05) is 6.61 Å². The molecular weight excluding hydrogens is 228 g/mol. The van der Waals surface area contributed by atoms with E-state index in [1.54, 1.807) is 6.20 Å². The highest BCUT2D eigenvalue weighted by Gasteiger charge is 2.08. The molecule has 100 valence electrons. The Balaban J connectivity index is 2.25. The third kappa shape index (κ3) is 5.12. The first-order valence-corrected chi connectivity index (χ1v) is 6.54. The maximum Gasteiger partial charge on any atom is 0.243 e. The maximum atomic E-state index is 7.36. The van der Waals surface area contributed by atoms with Gasteiger partial charge in [-0.25, -0.2) is 9.97 Å². The van der Waals surface area contributed by atoms with Gasteiger partial charge in [0.15, 0.2) is 5.69 Å². The summed E-state index contributed by atoms with van der Waals surface area (Å²) in [7, 11) is 0. The summed E-state index contributed by atoms with van der Waals surface area (Å²) < 4.78 is 5.51. The first kappa shape index (κ1) is 14.4. The first-order chi connectivity index (χ1) is 8.75. The Morgan fingerprint density at radius 2 is 1.83 bits per heavy atom. The molecule has 0 radical (unpaired) electrons. The Labute approximate surface area is 108 Å². The van der Waals surface area contributed by atoms with Gasteiger partial charge in [0.05, 0.1) is 6.61 Å². The summed E-state index contributed by atoms with van der Waals surface area (Å²) in [5.74, 6) is 0.250. The lowest BCUT2D eigenvalue weighted by Gasteiger charge is -2.07. The molecule has 1 aromatic heterocycles. The van der Waals surface area contributed by atoms with E-state index in [1.807, 2.05) is 0 Å². The zero-order chi connectivity index (χ0) is 13.2. The predicted molar refractivity (Wildman–Crippen MR) is 71.9 cm³/mol. The molecular formula is C13H22N4O. The fourth-order valence-electron chi connectivity index (χ4n) is 1.67. The third-order valence-corrected chi connectivity index (χ3v) is 2.66. The topological polar surface area (TPSA) is 84.9 Å². The van der Waals surface area contributed by atoms with Gasteiger partial charge < -0.3 is 10.5 Å². The molecule has 5 nitrogen and oxygen atoms in total. The summed E-state index contributed by atoms with van der Waals surface area (Å²) in [5, 5.41) is 7.36. The monoisotopic (exact) mass is 250 g/mol. The van der Waals surface area contributed by atoms with Gasteiger partial charge in [-0.1, -0.05) is 39.0 Å². The van der Waals surface area contributed by atoms with Crippen molar-refractivity contribution in [2.45, 2.75) is 45.4 Å². The van der Waals surface area contributed by atoms with Crippen LogP contribution < -0.4 is 10.5 Å². The number of hydrogen-bond acceptors (Lipinski definition) is 4. The number of nitrogen functional groups attached to an aromatic ring is 1. The number of unbranched alkanes of at least 4 members (excludes halogenated alkanes) is 5. The van der Waals surface area contributed by atoms with Crippen LogP contribution in [-0.4, -0.2) is 22.4 Å². The van der Waals surface area contributed by atoms with E-state index in [0.717, 1.165) is 12.8 Å². The Kier molecular flexibility index (Phi) is 6.76. The lowest BCUT2D eigenvalue weighted by atomic mass is 10.1. The smallest absolute Gasteiger partial charge is 0.243 e. The lowest BCUT2D eigenvalue weighted by molar-refractivity contribution is 0.291. The molecule has 0 aromatic carbocycles. The number of nitrogens with zero attached hydrogens (tertiary/aromatic N) is 2. The standard InChI is InChI=1S/C13H22N4O/c1-2-3-4-5-6-7-10-18-13-11(12(14)15)16-8-9-17-13/h8-9H,2-7,10H2,1H3,(H3,14,15). The van der Waals surface area contributed by atoms with Crippen LogP contribution in [0.2, 0.25) is 0 Å². The average molecular weight is 250 g/mol. The van der Waals surface area contributed by atoms with E-state index in [-0.39, 0.29) is 5.84 Å². The maximum absolute atomic E-state index is 7.36. The molecule has 0 bridgehead atoms. The molecule has 0 unspecified atom stereocenters. The molecule has 0 atom stereocenters. The van der Waals surface area contributed by atoms with Crippen molar-refractivity contribution >= 4 is 5.84 Å². The zero-order valence-electron chi connectivity index (χ0n) is 11.0. The van der Waals surface area contributed by atoms with E-state index in [4.69, 9.17) is 15.9 Å². The number of hydrogen-bond donors (Lipinski definition) is 2. The van der Waals surface area contributed by atoms with Crippen LogP contribution in [0, 0.1) is 5.41 Å². The fraction of sp³-hybridized carbons (Fsp3) is 0.615. The van der Waals surface area contributed by atoms with Crippen molar-refractivity contribution < 1.29 is 4.74 Å². The normalized spacial score (nSPS) is 10.3. The summed E-state index contributed by atoms with van der Waals surface area (Å²) >= 11 is 0. The highest BCUT2D eigenvalue weighted by Crippen LogP contribution is 2.11. The van der Waals surface area contributed by atoms with Crippen molar-refractivity contribution in [3.63, 3.8) is 0 Å². The molecule has 0 spiro atoms. The quantitative estimate of drug-likeness (QED) is 0.400. The van der Waals surface area contributed by atoms with Crippen LogP contribution in [-0.2, 0) is 0 Å². The molecule has 1 rings (SSSR count). The second kappa shape index (κ2) is 8.44. The van der Waals surface area contributed by atoms with Crippen LogP contribution >= 0.6 is 0 Å². The highest BCUT2D eigenvalue weighted by atomic mass is 16.5. The van der Waals surface area contributed by atoms with E-state index in [0.29, 0.717) is 18.2 Å². The fourth-order valence-corrected chi connectivity index (χ4v) is 1.67. The van der Waals surface area contributed by atoms with Crippen LogP contribution in [0.4, 0.5) is 0 Å². The molecule has 1 aromatic rings. The number of ether oxygens (including phenoxy) is 1. The molecule has 0 aliphatic heterocycles. The average Bonchev–Trinajstić information content (AvgIpc) is 2.38. The van der Waals surface area contributed by atoms with Crippen LogP contribution in [0.5, 0.6) is 5.88 Å². The molecule has 1 heterocycles. The first-order valence-electron chi connectivity index (χ1n) is 6.54. The number of nitrogens with one attached hydrogen (secondary N) is 1. The Morgan fingerprint density at radius 3 is 2.56 bits per heavy atom. The largest absolute Gasteiger partial charge is 0.476 e. The molecule has 0 aliphatic carbocycles. The van der Waals surface area contributed by atoms with Gasteiger partial charge in [-0.15, -0.1) is 0 Å². The van der Waals surface area contributed by atoms with E-state index in [9.17, 15) is 0 Å². The van der Waals surface area contributed by atoms with Crippen molar-refractivity contribution in [1.82, 2.24) is 9.97 Å². The molecule has 0 saturated carbocycles. The van der Waals surface area contributed by atoms with Gasteiger partial charge >= 0.3 is 0 Å². The van der Waals surface area contributed by atoms with Crippen LogP contribution in [0.25, 0.3) is 0 Å². The minimum atomic E-state index is -0.110. The van der Waals surface area contributed by atoms with E-state index >= 15 is 0 Å². The van der Waals surface area contributed by atoms with Gasteiger partial charge in [-0.05, 0) is 6.42 Å². The van der Waals surface area contributed by atoms with Crippen molar-refractivity contribution in [3.8, 4) is 5.88 Å². The van der Waals surface area contributed by atoms with E-state index in [2.05, 4.69) is 16.9 Å². The number of amidine groups is 1. The van der Waals surface area contributed by atoms with Crippen LogP contribution in [0.3, 0.4) is 0 Å². The van der Waals surface area contributed by atoms with Crippen molar-refractivity contribution in [3.05, 3.63) is 18.1 Å². The van der Waals surface area contributed by atoms with Gasteiger partial charge in [0, 0.05) is 12.4 Å². The summed E-state index contributed by atoms with van der Waals surface area (Å²) in [5.41, 5.74) is 5.72. The number of nitrogens with two attached hydrogens (primary N) is 1. The summed E-state index contributed by atoms with van der Waals surface area (Å²) in [6.45, 7) is 2.81. The second-order valence-electron chi connectivity index (χ2n) is 4.24. The number of rotatable bonds is 9. The molecule has 0 amide bonds. The molecule has 5 heteroatoms. The minimum absolute atomic E-state index is 0.110. The predicted octanol–water partition coefficient (Wildman–Crippen LogP) is 2.50. The third-order valence-electron chi connectivity index (χ3n) is 2.66. The Hall–Kier alpha value is -1.65. The molecule has 0 saturated heterocycles. The van der Waals surface area contributed by atoms with E-state index in [1.165, 1.54) is 31.9 Å². The van der Waals surface area contributed by atoms with Gasteiger partial charge in [0.2, 0.25) is 5.88 Å². The number of aromatic nitrogens is 2. The highest BCUT2D eigenvalue weighted by molar-refractivity contribution is 5.94. The van der Waals surface area contributed by atoms with Gasteiger partial charge in [0.1, 0.15) is 5.84 Å². The molecule has 18 heavy (non-hydrogen) atoms. The summed E-state index contributed by atoms with van der Waals surface area (Å²) in [4.78, 5) is 8.02. The Morgan fingerprint density at radius 1 is 1.17 bits per heavy atom. The zero-order valence-corrected chi connectivity index (χ0v) is 11.0. The van der Waals surface area contributed by atoms with Gasteiger partial charge in [-0.2, -0.15) is 0 Å². The molecule has 3 N–H and O–H groups in total. The van der Waals surface area contributed by atoms with Gasteiger partial charge in [-0.3, -0.25) is 5.41 Å². The minimum Gasteiger partial charge on any atom is -0.476 e. The van der Waals surface area contributed by atoms with Crippen molar-refractivity contribution in [1.29, 1.82) is 5.41 Å². The van der Waals surface area contributed by atoms with Crippen molar-refractivity contribution in [2.24, 2.45) is 5.73 Å². The SMILES string of the molecule is CCCCCCCCOc1nccnc1C(=N)N. The molecule has 0 fully saturated rings. The summed E-state index contributed by atoms with van der Waals surface area (Å²) in [6, 6.07) is 0.